The van der Waals surface area contributed by atoms with Crippen molar-refractivity contribution in [2.75, 3.05) is 31.1 Å². The molecule has 0 saturated heterocycles. The van der Waals surface area contributed by atoms with Crippen LogP contribution in [0.15, 0.2) is 77.7 Å². The Balaban J connectivity index is 1.54. The van der Waals surface area contributed by atoms with Crippen LogP contribution in [0.5, 0.6) is 17.2 Å². The molecular formula is C25H26N2O6S. The van der Waals surface area contributed by atoms with Crippen molar-refractivity contribution in [3.8, 4) is 17.2 Å². The molecular weight excluding hydrogens is 456 g/mol. The number of ether oxygens (including phenoxy) is 3. The van der Waals surface area contributed by atoms with Crippen LogP contribution >= 0.6 is 0 Å². The summed E-state index contributed by atoms with van der Waals surface area (Å²) < 4.78 is 45.1. The van der Waals surface area contributed by atoms with Crippen LogP contribution in [0.4, 0.5) is 5.69 Å². The van der Waals surface area contributed by atoms with Gasteiger partial charge >= 0.3 is 0 Å². The molecule has 1 aliphatic heterocycles. The van der Waals surface area contributed by atoms with Gasteiger partial charge in [0.05, 0.1) is 24.2 Å². The molecule has 1 amide bonds. The number of nitrogens with one attached hydrogen (secondary N) is 1. The number of hydrogen-bond acceptors (Lipinski definition) is 6. The van der Waals surface area contributed by atoms with E-state index in [0.29, 0.717) is 17.2 Å². The number of carbonyl (C=O) groups excluding carboxylic acids is 1. The van der Waals surface area contributed by atoms with E-state index in [-0.39, 0.29) is 23.7 Å². The molecule has 1 aliphatic rings. The molecule has 1 N–H and O–H groups in total. The van der Waals surface area contributed by atoms with Gasteiger partial charge in [0.25, 0.3) is 10.0 Å². The molecule has 0 spiro atoms. The number of nitrogens with zero attached hydrogens (tertiary/aromatic N) is 1. The van der Waals surface area contributed by atoms with Crippen LogP contribution in [0.1, 0.15) is 5.56 Å². The summed E-state index contributed by atoms with van der Waals surface area (Å²) in [6, 6.07) is 20.5. The summed E-state index contributed by atoms with van der Waals surface area (Å²) in [4.78, 5) is 13.0. The Morgan fingerprint density at radius 3 is 2.50 bits per heavy atom. The largest absolute Gasteiger partial charge is 0.495 e. The standard InChI is InChI=1S/C25H26N2O6S/c1-18-12-13-22(31-2)21(14-18)27(34(29,30)20-8-4-3-5-9-20)16-25(28)26-15-19-17-32-23-10-6-7-11-24(23)33-19/h3-14,19H,15-17H2,1-2H3,(H,26,28)/t19-/m1/s1. The predicted molar refractivity (Wildman–Crippen MR) is 128 cm³/mol. The number of sulfonamides is 1. The summed E-state index contributed by atoms with van der Waals surface area (Å²) in [5.41, 5.74) is 1.11. The zero-order valence-electron chi connectivity index (χ0n) is 18.9. The van der Waals surface area contributed by atoms with Crippen molar-refractivity contribution >= 4 is 21.6 Å². The molecule has 178 valence electrons. The predicted octanol–water partition coefficient (Wildman–Crippen LogP) is 3.16. The molecule has 4 rings (SSSR count). The lowest BCUT2D eigenvalue weighted by Gasteiger charge is -2.28. The summed E-state index contributed by atoms with van der Waals surface area (Å²) in [5, 5.41) is 2.77. The fraction of sp³-hybridized carbons (Fsp3) is 0.240. The van der Waals surface area contributed by atoms with E-state index in [9.17, 15) is 13.2 Å². The monoisotopic (exact) mass is 482 g/mol. The van der Waals surface area contributed by atoms with Gasteiger partial charge in [0.1, 0.15) is 25.0 Å². The van der Waals surface area contributed by atoms with Crippen molar-refractivity contribution in [3.05, 3.63) is 78.4 Å². The maximum Gasteiger partial charge on any atom is 0.264 e. The van der Waals surface area contributed by atoms with Crippen molar-refractivity contribution in [3.63, 3.8) is 0 Å². The van der Waals surface area contributed by atoms with E-state index in [2.05, 4.69) is 5.32 Å². The summed E-state index contributed by atoms with van der Waals surface area (Å²) in [5.74, 6) is 1.12. The lowest BCUT2D eigenvalue weighted by atomic mass is 10.2. The maximum absolute atomic E-state index is 13.5. The van der Waals surface area contributed by atoms with E-state index in [0.717, 1.165) is 9.87 Å². The zero-order valence-corrected chi connectivity index (χ0v) is 19.7. The SMILES string of the molecule is COc1ccc(C)cc1N(CC(=O)NC[C@@H]1COc2ccccc2O1)S(=O)(=O)c1ccccc1. The number of amides is 1. The summed E-state index contributed by atoms with van der Waals surface area (Å²) >= 11 is 0. The summed E-state index contributed by atoms with van der Waals surface area (Å²) in [6.45, 7) is 1.85. The van der Waals surface area contributed by atoms with Gasteiger partial charge in [0, 0.05) is 0 Å². The number of benzene rings is 3. The normalized spacial score (nSPS) is 14.8. The Hall–Kier alpha value is -3.72. The van der Waals surface area contributed by atoms with Gasteiger partial charge in [-0.3, -0.25) is 9.10 Å². The highest BCUT2D eigenvalue weighted by molar-refractivity contribution is 7.92. The molecule has 0 saturated carbocycles. The van der Waals surface area contributed by atoms with Crippen molar-refractivity contribution in [1.29, 1.82) is 0 Å². The van der Waals surface area contributed by atoms with Crippen LogP contribution in [0, 0.1) is 6.92 Å². The number of carbonyl (C=O) groups is 1. The minimum atomic E-state index is -4.05. The number of anilines is 1. The molecule has 9 heteroatoms. The van der Waals surface area contributed by atoms with Crippen molar-refractivity contribution in [1.82, 2.24) is 5.32 Å². The van der Waals surface area contributed by atoms with Gasteiger partial charge in [0.2, 0.25) is 5.91 Å². The number of para-hydroxylation sites is 2. The lowest BCUT2D eigenvalue weighted by molar-refractivity contribution is -0.120. The first-order valence-corrected chi connectivity index (χ1v) is 12.2. The van der Waals surface area contributed by atoms with Crippen LogP contribution in [-0.2, 0) is 14.8 Å². The molecule has 0 aliphatic carbocycles. The van der Waals surface area contributed by atoms with Crippen molar-refractivity contribution < 1.29 is 27.4 Å². The molecule has 0 unspecified atom stereocenters. The van der Waals surface area contributed by atoms with Gasteiger partial charge in [-0.25, -0.2) is 8.42 Å². The first-order chi connectivity index (χ1) is 16.4. The molecule has 1 heterocycles. The lowest BCUT2D eigenvalue weighted by Crippen LogP contribution is -2.45. The highest BCUT2D eigenvalue weighted by atomic mass is 32.2. The third kappa shape index (κ3) is 5.09. The van der Waals surface area contributed by atoms with E-state index in [1.807, 2.05) is 31.2 Å². The van der Waals surface area contributed by atoms with Crippen molar-refractivity contribution in [2.45, 2.75) is 17.9 Å². The van der Waals surface area contributed by atoms with Crippen LogP contribution in [0.3, 0.4) is 0 Å². The molecule has 1 atom stereocenters. The maximum atomic E-state index is 13.5. The second-order valence-electron chi connectivity index (χ2n) is 7.80. The molecule has 0 bridgehead atoms. The van der Waals surface area contributed by atoms with Crippen LogP contribution in [0.2, 0.25) is 0 Å². The number of aryl methyl sites for hydroxylation is 1. The quantitative estimate of drug-likeness (QED) is 0.530. The van der Waals surface area contributed by atoms with Gasteiger partial charge in [-0.2, -0.15) is 0 Å². The summed E-state index contributed by atoms with van der Waals surface area (Å²) in [7, 11) is -2.59. The van der Waals surface area contributed by atoms with E-state index < -0.39 is 28.6 Å². The second kappa shape index (κ2) is 10.0. The molecule has 34 heavy (non-hydrogen) atoms. The first kappa shape index (κ1) is 23.4. The average molecular weight is 483 g/mol. The van der Waals surface area contributed by atoms with Crippen molar-refractivity contribution in [2.24, 2.45) is 0 Å². The number of methoxy groups -OCH3 is 1. The fourth-order valence-corrected chi connectivity index (χ4v) is 5.04. The van der Waals surface area contributed by atoms with Gasteiger partial charge in [-0.05, 0) is 48.9 Å². The van der Waals surface area contributed by atoms with E-state index in [4.69, 9.17) is 14.2 Å². The zero-order chi connectivity index (χ0) is 24.1. The molecule has 3 aromatic rings. The van der Waals surface area contributed by atoms with E-state index in [1.54, 1.807) is 36.4 Å². The molecule has 0 fully saturated rings. The van der Waals surface area contributed by atoms with Crippen LogP contribution in [0.25, 0.3) is 0 Å². The Morgan fingerprint density at radius 1 is 1.06 bits per heavy atom. The number of hydrogen-bond donors (Lipinski definition) is 1. The molecule has 0 aromatic heterocycles. The third-order valence-corrected chi connectivity index (χ3v) is 7.09. The van der Waals surface area contributed by atoms with Gasteiger partial charge in [-0.1, -0.05) is 36.4 Å². The molecule has 0 radical (unpaired) electrons. The van der Waals surface area contributed by atoms with Crippen LogP contribution in [-0.4, -0.2) is 47.2 Å². The highest BCUT2D eigenvalue weighted by Crippen LogP contribution is 2.33. The molecule has 8 nitrogen and oxygen atoms in total. The van der Waals surface area contributed by atoms with Gasteiger partial charge < -0.3 is 19.5 Å². The second-order valence-corrected chi connectivity index (χ2v) is 9.66. The van der Waals surface area contributed by atoms with E-state index >= 15 is 0 Å². The Morgan fingerprint density at radius 2 is 1.76 bits per heavy atom. The van der Waals surface area contributed by atoms with Gasteiger partial charge in [0.15, 0.2) is 11.5 Å². The summed E-state index contributed by atoms with van der Waals surface area (Å²) in [6.07, 6.45) is -0.397. The minimum absolute atomic E-state index is 0.0759. The fourth-order valence-electron chi connectivity index (χ4n) is 3.59. The topological polar surface area (TPSA) is 94.2 Å². The number of fused-ring (bicyclic) bond motifs is 1. The Bertz CT molecular complexity index is 1260. The smallest absolute Gasteiger partial charge is 0.264 e. The van der Waals surface area contributed by atoms with Gasteiger partial charge in [-0.15, -0.1) is 0 Å². The minimum Gasteiger partial charge on any atom is -0.495 e. The average Bonchev–Trinajstić information content (AvgIpc) is 2.86. The Labute approximate surface area is 199 Å². The third-order valence-electron chi connectivity index (χ3n) is 5.32. The Kier molecular flexibility index (Phi) is 6.93. The molecule has 3 aromatic carbocycles. The number of rotatable bonds is 8. The highest BCUT2D eigenvalue weighted by Gasteiger charge is 2.30. The van der Waals surface area contributed by atoms with Crippen LogP contribution < -0.4 is 23.8 Å². The van der Waals surface area contributed by atoms with E-state index in [1.165, 1.54) is 19.2 Å². The first-order valence-electron chi connectivity index (χ1n) is 10.8.